The fourth-order valence-corrected chi connectivity index (χ4v) is 2.44. The first-order valence-corrected chi connectivity index (χ1v) is 6.37. The van der Waals surface area contributed by atoms with Crippen molar-refractivity contribution >= 4 is 11.6 Å². The minimum absolute atomic E-state index is 0.623. The Balaban J connectivity index is 1.95. The molecule has 0 amide bonds. The van der Waals surface area contributed by atoms with Gasteiger partial charge in [-0.05, 0) is 18.8 Å². The Bertz CT molecular complexity index is 347. The van der Waals surface area contributed by atoms with Gasteiger partial charge in [-0.15, -0.1) is 0 Å². The zero-order valence-corrected chi connectivity index (χ0v) is 10.4. The Morgan fingerprint density at radius 1 is 1.41 bits per heavy atom. The molecule has 0 unspecified atom stereocenters. The number of aromatic nitrogens is 2. The van der Waals surface area contributed by atoms with Crippen molar-refractivity contribution in [1.29, 1.82) is 0 Å². The van der Waals surface area contributed by atoms with E-state index in [9.17, 15) is 0 Å². The molecule has 0 aromatic carbocycles. The van der Waals surface area contributed by atoms with Crippen LogP contribution in [0.25, 0.3) is 0 Å². The molecule has 94 valence electrons. The maximum absolute atomic E-state index is 5.34. The number of anilines is 2. The van der Waals surface area contributed by atoms with E-state index < -0.39 is 0 Å². The van der Waals surface area contributed by atoms with Gasteiger partial charge in [-0.3, -0.25) is 4.98 Å². The Morgan fingerprint density at radius 3 is 2.82 bits per heavy atom. The average Bonchev–Trinajstić information content (AvgIpc) is 2.40. The minimum atomic E-state index is 0.623. The van der Waals surface area contributed by atoms with E-state index in [1.165, 1.54) is 25.7 Å². The lowest BCUT2D eigenvalue weighted by Crippen LogP contribution is -2.34. The molecule has 1 aromatic rings. The standard InChI is InChI=1S/C12H21N5/c1-2-3-10-4-6-17(7-5-10)12-9-14-8-11(15-12)16-13/h8-10H,2-7,13H2,1H3,(H,15,16). The monoisotopic (exact) mass is 235 g/mol. The van der Waals surface area contributed by atoms with E-state index >= 15 is 0 Å². The van der Waals surface area contributed by atoms with E-state index in [-0.39, 0.29) is 0 Å². The molecule has 0 atom stereocenters. The number of rotatable bonds is 4. The first-order valence-electron chi connectivity index (χ1n) is 6.37. The summed E-state index contributed by atoms with van der Waals surface area (Å²) in [5.74, 6) is 7.78. The third-order valence-corrected chi connectivity index (χ3v) is 3.41. The molecule has 1 aromatic heterocycles. The number of piperidine rings is 1. The molecule has 1 fully saturated rings. The molecule has 0 bridgehead atoms. The Kier molecular flexibility index (Phi) is 4.14. The van der Waals surface area contributed by atoms with E-state index in [0.29, 0.717) is 5.82 Å². The van der Waals surface area contributed by atoms with Gasteiger partial charge in [0, 0.05) is 13.1 Å². The van der Waals surface area contributed by atoms with Crippen molar-refractivity contribution in [3.05, 3.63) is 12.4 Å². The smallest absolute Gasteiger partial charge is 0.160 e. The van der Waals surface area contributed by atoms with Gasteiger partial charge in [0.15, 0.2) is 5.82 Å². The first kappa shape index (κ1) is 12.1. The van der Waals surface area contributed by atoms with Gasteiger partial charge in [-0.2, -0.15) is 0 Å². The topological polar surface area (TPSA) is 67.1 Å². The molecule has 5 nitrogen and oxygen atoms in total. The highest BCUT2D eigenvalue weighted by Crippen LogP contribution is 2.24. The Labute approximate surface area is 102 Å². The van der Waals surface area contributed by atoms with Crippen molar-refractivity contribution in [1.82, 2.24) is 9.97 Å². The van der Waals surface area contributed by atoms with Crippen LogP contribution in [0.5, 0.6) is 0 Å². The minimum Gasteiger partial charge on any atom is -0.355 e. The summed E-state index contributed by atoms with van der Waals surface area (Å²) >= 11 is 0. The zero-order valence-electron chi connectivity index (χ0n) is 10.4. The summed E-state index contributed by atoms with van der Waals surface area (Å²) in [4.78, 5) is 10.8. The predicted molar refractivity (Wildman–Crippen MR) is 69.7 cm³/mol. The van der Waals surface area contributed by atoms with Crippen molar-refractivity contribution in [3.8, 4) is 0 Å². The van der Waals surface area contributed by atoms with Crippen molar-refractivity contribution in [3.63, 3.8) is 0 Å². The van der Waals surface area contributed by atoms with Crippen LogP contribution in [0.2, 0.25) is 0 Å². The lowest BCUT2D eigenvalue weighted by molar-refractivity contribution is 0.377. The van der Waals surface area contributed by atoms with Gasteiger partial charge in [-0.25, -0.2) is 10.8 Å². The highest BCUT2D eigenvalue weighted by atomic mass is 15.3. The van der Waals surface area contributed by atoms with Gasteiger partial charge in [0.05, 0.1) is 12.4 Å². The van der Waals surface area contributed by atoms with Crippen LogP contribution in [0.1, 0.15) is 32.6 Å². The van der Waals surface area contributed by atoms with Crippen LogP contribution < -0.4 is 16.2 Å². The van der Waals surface area contributed by atoms with E-state index in [1.807, 2.05) is 0 Å². The summed E-state index contributed by atoms with van der Waals surface area (Å²) in [6.45, 7) is 4.41. The summed E-state index contributed by atoms with van der Waals surface area (Å²) in [6.07, 6.45) is 8.60. The van der Waals surface area contributed by atoms with Crippen LogP contribution in [0.3, 0.4) is 0 Å². The number of nitrogen functional groups attached to an aromatic ring is 1. The first-order chi connectivity index (χ1) is 8.33. The number of hydrogen-bond acceptors (Lipinski definition) is 5. The average molecular weight is 235 g/mol. The summed E-state index contributed by atoms with van der Waals surface area (Å²) in [5, 5.41) is 0. The second kappa shape index (κ2) is 5.82. The van der Waals surface area contributed by atoms with Crippen LogP contribution in [0, 0.1) is 5.92 Å². The molecule has 0 spiro atoms. The molecular weight excluding hydrogens is 214 g/mol. The third kappa shape index (κ3) is 3.06. The Hall–Kier alpha value is -1.36. The quantitative estimate of drug-likeness (QED) is 0.615. The van der Waals surface area contributed by atoms with E-state index in [1.54, 1.807) is 12.4 Å². The predicted octanol–water partition coefficient (Wildman–Crippen LogP) is 1.78. The molecule has 3 N–H and O–H groups in total. The molecule has 1 saturated heterocycles. The fraction of sp³-hybridized carbons (Fsp3) is 0.667. The molecule has 1 aliphatic rings. The second-order valence-corrected chi connectivity index (χ2v) is 4.63. The van der Waals surface area contributed by atoms with Crippen LogP contribution in [-0.2, 0) is 0 Å². The fourth-order valence-electron chi connectivity index (χ4n) is 2.44. The summed E-state index contributed by atoms with van der Waals surface area (Å²) in [6, 6.07) is 0. The van der Waals surface area contributed by atoms with Crippen molar-refractivity contribution in [2.75, 3.05) is 23.4 Å². The number of hydrazine groups is 1. The molecule has 0 saturated carbocycles. The Morgan fingerprint density at radius 2 is 2.18 bits per heavy atom. The van der Waals surface area contributed by atoms with Crippen molar-refractivity contribution < 1.29 is 0 Å². The largest absolute Gasteiger partial charge is 0.355 e. The summed E-state index contributed by atoms with van der Waals surface area (Å²) in [5.41, 5.74) is 2.54. The molecule has 5 heteroatoms. The number of nitrogens with one attached hydrogen (secondary N) is 1. The molecule has 2 rings (SSSR count). The van der Waals surface area contributed by atoms with Crippen LogP contribution in [0.15, 0.2) is 12.4 Å². The third-order valence-electron chi connectivity index (χ3n) is 3.41. The molecule has 0 radical (unpaired) electrons. The van der Waals surface area contributed by atoms with Gasteiger partial charge >= 0.3 is 0 Å². The van der Waals surface area contributed by atoms with E-state index in [2.05, 4.69) is 27.2 Å². The molecule has 0 aliphatic carbocycles. The zero-order chi connectivity index (χ0) is 12.1. The summed E-state index contributed by atoms with van der Waals surface area (Å²) < 4.78 is 0. The lowest BCUT2D eigenvalue weighted by atomic mass is 9.92. The van der Waals surface area contributed by atoms with Gasteiger partial charge in [-0.1, -0.05) is 19.8 Å². The number of nitrogens with two attached hydrogens (primary N) is 1. The van der Waals surface area contributed by atoms with E-state index in [0.717, 1.165) is 24.8 Å². The van der Waals surface area contributed by atoms with Crippen LogP contribution in [0.4, 0.5) is 11.6 Å². The van der Waals surface area contributed by atoms with Crippen LogP contribution in [-0.4, -0.2) is 23.1 Å². The normalized spacial score (nSPS) is 17.2. The molecule has 1 aliphatic heterocycles. The molecule has 17 heavy (non-hydrogen) atoms. The number of nitrogens with zero attached hydrogens (tertiary/aromatic N) is 3. The van der Waals surface area contributed by atoms with Gasteiger partial charge < -0.3 is 10.3 Å². The SMILES string of the molecule is CCCC1CCN(c2cncc(NN)n2)CC1. The van der Waals surface area contributed by atoms with Gasteiger partial charge in [0.1, 0.15) is 5.82 Å². The molecular formula is C12H21N5. The van der Waals surface area contributed by atoms with Crippen molar-refractivity contribution in [2.24, 2.45) is 11.8 Å². The van der Waals surface area contributed by atoms with Crippen molar-refractivity contribution in [2.45, 2.75) is 32.6 Å². The summed E-state index contributed by atoms with van der Waals surface area (Å²) in [7, 11) is 0. The van der Waals surface area contributed by atoms with Gasteiger partial charge in [0.25, 0.3) is 0 Å². The highest BCUT2D eigenvalue weighted by Gasteiger charge is 2.19. The highest BCUT2D eigenvalue weighted by molar-refractivity contribution is 5.43. The maximum Gasteiger partial charge on any atom is 0.160 e. The number of hydrogen-bond donors (Lipinski definition) is 2. The van der Waals surface area contributed by atoms with Crippen LogP contribution >= 0.6 is 0 Å². The van der Waals surface area contributed by atoms with Gasteiger partial charge in [0.2, 0.25) is 0 Å². The van der Waals surface area contributed by atoms with E-state index in [4.69, 9.17) is 5.84 Å². The maximum atomic E-state index is 5.34. The molecule has 2 heterocycles. The lowest BCUT2D eigenvalue weighted by Gasteiger charge is -2.32. The second-order valence-electron chi connectivity index (χ2n) is 4.63.